The van der Waals surface area contributed by atoms with Crippen molar-refractivity contribution in [1.29, 1.82) is 0 Å². The lowest BCUT2D eigenvalue weighted by molar-refractivity contribution is -0.138. The summed E-state index contributed by atoms with van der Waals surface area (Å²) in [6.07, 6.45) is 4.17. The second-order valence-corrected chi connectivity index (χ2v) is 18.8. The van der Waals surface area contributed by atoms with Crippen molar-refractivity contribution in [3.63, 3.8) is 0 Å². The minimum atomic E-state index is -0.677. The van der Waals surface area contributed by atoms with Crippen LogP contribution in [0.15, 0.2) is 60.7 Å². The lowest BCUT2D eigenvalue weighted by atomic mass is 9.80. The summed E-state index contributed by atoms with van der Waals surface area (Å²) in [7, 11) is 1.31. The zero-order valence-corrected chi connectivity index (χ0v) is 45.9. The quantitative estimate of drug-likeness (QED) is 0.138. The number of likely N-dealkylation sites (tertiary alicyclic amines) is 2. The Morgan fingerprint density at radius 1 is 0.746 bits per heavy atom. The summed E-state index contributed by atoms with van der Waals surface area (Å²) in [5, 5.41) is 7.07. The zero-order chi connectivity index (χ0) is 41.6. The number of nitrogens with zero attached hydrogens (tertiary/aromatic N) is 4. The normalized spacial score (nSPS) is 22.3. The van der Waals surface area contributed by atoms with Gasteiger partial charge in [-0.2, -0.15) is 94.5 Å². The van der Waals surface area contributed by atoms with E-state index in [4.69, 9.17) is 19.4 Å². The fourth-order valence-corrected chi connectivity index (χ4v) is 10.5. The third-order valence-corrected chi connectivity index (χ3v) is 14.3. The number of imidazole rings is 2. The van der Waals surface area contributed by atoms with Crippen LogP contribution in [0.1, 0.15) is 90.5 Å². The smallest absolute Gasteiger partial charge is 0.407 e. The number of rotatable bonds is 8. The monoisotopic (exact) mass is 1050 g/mol. The van der Waals surface area contributed by atoms with Crippen molar-refractivity contribution in [2.75, 3.05) is 26.9 Å². The van der Waals surface area contributed by atoms with Gasteiger partial charge in [0.05, 0.1) is 47.9 Å². The van der Waals surface area contributed by atoms with Crippen molar-refractivity contribution in [3.8, 4) is 11.1 Å². The first kappa shape index (κ1) is 58.3. The van der Waals surface area contributed by atoms with E-state index in [0.717, 1.165) is 105 Å². The molecule has 0 radical (unpaired) electrons. The Labute approximate surface area is 442 Å². The molecule has 4 fully saturated rings. The number of methoxy groups -OCH3 is 1. The average molecular weight is 1050 g/mol. The maximum Gasteiger partial charge on any atom is 0.407 e. The van der Waals surface area contributed by atoms with Gasteiger partial charge in [0.15, 0.2) is 0 Å². The Morgan fingerprint density at radius 3 is 1.82 bits per heavy atom. The molecule has 7 atom stereocenters. The average Bonchev–Trinajstić information content (AvgIpc) is 3.64. The first-order chi connectivity index (χ1) is 28.9. The number of hydrogen-bond acceptors (Lipinski definition) is 7. The predicted molar refractivity (Wildman–Crippen MR) is 305 cm³/mol. The first-order valence-corrected chi connectivity index (χ1v) is 21.8. The van der Waals surface area contributed by atoms with Crippen LogP contribution in [0.25, 0.3) is 54.7 Å². The van der Waals surface area contributed by atoms with E-state index in [2.05, 4.69) is 102 Å². The van der Waals surface area contributed by atoms with Gasteiger partial charge in [0.25, 0.3) is 0 Å². The molecule has 3 amide bonds. The van der Waals surface area contributed by atoms with E-state index in [1.807, 2.05) is 18.7 Å². The molecule has 2 aromatic heterocycles. The number of amides is 3. The number of ether oxygens (including phenoxy) is 2. The third-order valence-electron chi connectivity index (χ3n) is 14.3. The Kier molecular flexibility index (Phi) is 19.8. The molecule has 3 saturated heterocycles. The molecule has 368 valence electrons. The first-order valence-electron chi connectivity index (χ1n) is 21.8. The molecule has 0 bridgehead atoms. The Morgan fingerprint density at radius 2 is 1.31 bits per heavy atom. The molecule has 3 N–H and O–H groups in total. The number of H-pyrrole nitrogens is 2. The number of benzene rings is 4. The fourth-order valence-electron chi connectivity index (χ4n) is 10.5. The number of nitrogens with one attached hydrogen (secondary N) is 3. The van der Waals surface area contributed by atoms with Gasteiger partial charge in [0, 0.05) is 41.3 Å². The van der Waals surface area contributed by atoms with Crippen molar-refractivity contribution >= 4 is 156 Å². The Balaban J connectivity index is 0.00000170. The van der Waals surface area contributed by atoms with E-state index in [-0.39, 0.29) is 148 Å². The molecule has 10 rings (SSSR count). The van der Waals surface area contributed by atoms with Gasteiger partial charge in [-0.25, -0.2) is 14.8 Å². The highest BCUT2D eigenvalue weighted by atomic mass is 32.1. The van der Waals surface area contributed by atoms with Gasteiger partial charge in [-0.05, 0) is 96.0 Å². The van der Waals surface area contributed by atoms with Crippen LogP contribution < -0.4 is 5.32 Å². The van der Waals surface area contributed by atoms with Crippen molar-refractivity contribution in [1.82, 2.24) is 35.1 Å². The minimum absolute atomic E-state index is 0. The van der Waals surface area contributed by atoms with Gasteiger partial charge in [0.1, 0.15) is 17.7 Å². The molecule has 4 aliphatic rings. The van der Waals surface area contributed by atoms with Crippen LogP contribution in [-0.2, 0) is 19.1 Å². The number of carbonyl (C=O) groups excluding carboxylic acids is 3. The van der Waals surface area contributed by atoms with E-state index < -0.39 is 12.1 Å². The zero-order valence-electron chi connectivity index (χ0n) is 38.9. The van der Waals surface area contributed by atoms with Crippen LogP contribution in [-0.4, -0.2) is 86.6 Å². The van der Waals surface area contributed by atoms with Crippen LogP contribution in [0.4, 0.5) is 4.79 Å². The van der Waals surface area contributed by atoms with Gasteiger partial charge in [-0.15, -0.1) is 0 Å². The summed E-state index contributed by atoms with van der Waals surface area (Å²) < 4.78 is 10.8. The van der Waals surface area contributed by atoms with Crippen molar-refractivity contribution < 1.29 is 23.9 Å². The molecule has 0 unspecified atom stereocenters. The summed E-state index contributed by atoms with van der Waals surface area (Å²) in [6, 6.07) is 20.8. The van der Waals surface area contributed by atoms with Crippen molar-refractivity contribution in [2.24, 2.45) is 29.1 Å². The maximum atomic E-state index is 14.0. The fraction of sp³-hybridized carbons (Fsp3) is 0.479. The summed E-state index contributed by atoms with van der Waals surface area (Å²) >= 11 is 0. The largest absolute Gasteiger partial charge is 0.453 e. The van der Waals surface area contributed by atoms with Crippen LogP contribution in [0.2, 0.25) is 0 Å². The van der Waals surface area contributed by atoms with E-state index in [1.165, 1.54) is 7.11 Å². The highest BCUT2D eigenvalue weighted by Gasteiger charge is 2.56. The van der Waals surface area contributed by atoms with E-state index in [0.29, 0.717) is 19.1 Å². The number of hydrogen-bond donors (Lipinski definition) is 3. The van der Waals surface area contributed by atoms with Gasteiger partial charge in [-0.1, -0.05) is 71.0 Å². The molecule has 1 aliphatic carbocycles. The van der Waals surface area contributed by atoms with E-state index >= 15 is 0 Å². The predicted octanol–water partition coefficient (Wildman–Crippen LogP) is 9.61. The van der Waals surface area contributed by atoms with Crippen LogP contribution in [0.3, 0.4) is 0 Å². The van der Waals surface area contributed by atoms with E-state index in [9.17, 15) is 14.4 Å². The standard InChI is InChI=1S/C48H55N7O5.7H2S/c1-25(2)27(5)45(56)54-23-48(16-7-17-60-24-48)22-39(54)44-50-36-15-11-31-19-29(9-13-34(31)42(36)52-44)28-8-12-33-30(18-28)10-14-35-41(33)51-43(49-35)38-21-32-20-37(32)55(38)46(57)40(26(3)4)53-47(58)59-6;;;;;;;/h8-15,18-19,25-27,32,37-40H,7,16-17,20-24H2,1-6H3,(H,49,51)(H,50,52)(H,53,58);7*1H2/t27-,32-,37-,38-,39-,40-,48-;;;;;;;/m0......./s1. The lowest BCUT2D eigenvalue weighted by Crippen LogP contribution is -2.52. The maximum absolute atomic E-state index is 14.0. The number of piperidine rings is 1. The minimum Gasteiger partial charge on any atom is -0.453 e. The second kappa shape index (κ2) is 22.8. The second-order valence-electron chi connectivity index (χ2n) is 18.8. The SMILES string of the molecule is COC(=O)N[C@H](C(=O)N1[C@H](c2nc3c(ccc4cc(-c5ccc6c(ccc7[nH]c([C@@H]8C[C@@]9(CCCOC9)CN8C(=O)[C@@H](C)C(C)C)nc76)c5)ccc43)[nH]2)C[C@@H]2C[C@@H]21)C(C)C.S.S.S.S.S.S.S. The molecule has 6 aromatic rings. The molecule has 1 spiro atoms. The summed E-state index contributed by atoms with van der Waals surface area (Å²) in [4.78, 5) is 61.7. The van der Waals surface area contributed by atoms with Crippen LogP contribution in [0.5, 0.6) is 0 Å². The molecule has 67 heavy (non-hydrogen) atoms. The molecule has 5 heterocycles. The highest BCUT2D eigenvalue weighted by Crippen LogP contribution is 2.54. The molecule has 4 aromatic carbocycles. The van der Waals surface area contributed by atoms with Crippen LogP contribution in [0, 0.1) is 29.1 Å². The molecular formula is C48H69N7O5S7. The number of aromatic nitrogens is 4. The van der Waals surface area contributed by atoms with Gasteiger partial charge in [0.2, 0.25) is 11.8 Å². The number of fused-ring (bicyclic) bond motifs is 7. The van der Waals surface area contributed by atoms with Crippen molar-refractivity contribution in [3.05, 3.63) is 72.3 Å². The highest BCUT2D eigenvalue weighted by molar-refractivity contribution is 7.60. The van der Waals surface area contributed by atoms with Crippen LogP contribution >= 0.6 is 94.5 Å². The van der Waals surface area contributed by atoms with Gasteiger partial charge >= 0.3 is 6.09 Å². The lowest BCUT2D eigenvalue weighted by Gasteiger charge is -2.33. The summed E-state index contributed by atoms with van der Waals surface area (Å²) in [6.45, 7) is 12.4. The number of carbonyl (C=O) groups is 3. The summed E-state index contributed by atoms with van der Waals surface area (Å²) in [5.41, 5.74) is 5.90. The Bertz CT molecular complexity index is 2710. The topological polar surface area (TPSA) is 146 Å². The molecule has 12 nitrogen and oxygen atoms in total. The van der Waals surface area contributed by atoms with Gasteiger partial charge < -0.3 is 34.6 Å². The molecule has 3 aliphatic heterocycles. The molecular weight excluding hydrogens is 979 g/mol. The number of alkyl carbamates (subject to hydrolysis) is 1. The van der Waals surface area contributed by atoms with Crippen molar-refractivity contribution in [2.45, 2.75) is 90.9 Å². The molecule has 19 heteroatoms. The molecule has 1 saturated carbocycles. The summed E-state index contributed by atoms with van der Waals surface area (Å²) in [5.74, 6) is 2.29. The third kappa shape index (κ3) is 10.5. The number of aromatic amines is 2. The van der Waals surface area contributed by atoms with Gasteiger partial charge in [-0.3, -0.25) is 9.59 Å². The van der Waals surface area contributed by atoms with E-state index in [1.54, 1.807) is 0 Å². The Hall–Kier alpha value is -3.04.